The molecule has 8 nitrogen and oxygen atoms in total. The van der Waals surface area contributed by atoms with Crippen molar-refractivity contribution in [3.63, 3.8) is 0 Å². The van der Waals surface area contributed by atoms with E-state index in [1.165, 1.54) is 5.56 Å². The van der Waals surface area contributed by atoms with E-state index in [0.717, 1.165) is 16.0 Å². The van der Waals surface area contributed by atoms with E-state index < -0.39 is 0 Å². The van der Waals surface area contributed by atoms with Gasteiger partial charge in [-0.1, -0.05) is 41.9 Å². The zero-order valence-electron chi connectivity index (χ0n) is 18.3. The Labute approximate surface area is 200 Å². The Morgan fingerprint density at radius 2 is 1.61 bits per heavy atom. The van der Waals surface area contributed by atoms with Crippen LogP contribution >= 0.6 is 15.9 Å². The molecule has 9 heteroatoms. The van der Waals surface area contributed by atoms with Gasteiger partial charge in [0.2, 0.25) is 0 Å². The predicted molar refractivity (Wildman–Crippen MR) is 128 cm³/mol. The highest BCUT2D eigenvalue weighted by molar-refractivity contribution is 9.10. The van der Waals surface area contributed by atoms with E-state index in [-0.39, 0.29) is 25.1 Å². The summed E-state index contributed by atoms with van der Waals surface area (Å²) >= 11 is 3.39. The molecule has 0 saturated heterocycles. The van der Waals surface area contributed by atoms with Crippen LogP contribution in [0.3, 0.4) is 0 Å². The van der Waals surface area contributed by atoms with Crippen molar-refractivity contribution in [1.82, 2.24) is 19.6 Å². The van der Waals surface area contributed by atoms with E-state index in [1.54, 1.807) is 34.0 Å². The fourth-order valence-electron chi connectivity index (χ4n) is 3.01. The number of hydrogen-bond acceptors (Lipinski definition) is 5. The molecule has 0 aliphatic heterocycles. The first kappa shape index (κ1) is 22.6. The zero-order valence-corrected chi connectivity index (χ0v) is 19.9. The van der Waals surface area contributed by atoms with Crippen molar-refractivity contribution in [3.8, 4) is 11.5 Å². The summed E-state index contributed by atoms with van der Waals surface area (Å²) in [6.07, 6.45) is 4.95. The Morgan fingerprint density at radius 1 is 0.970 bits per heavy atom. The molecule has 4 rings (SSSR count). The molecular formula is C24H24BrN5O3. The molecule has 0 unspecified atom stereocenters. The quantitative estimate of drug-likeness (QED) is 0.331. The highest BCUT2D eigenvalue weighted by Crippen LogP contribution is 2.19. The lowest BCUT2D eigenvalue weighted by atomic mass is 10.0. The molecule has 0 fully saturated rings. The van der Waals surface area contributed by atoms with Crippen molar-refractivity contribution in [2.45, 2.75) is 33.2 Å². The van der Waals surface area contributed by atoms with Crippen molar-refractivity contribution < 1.29 is 14.3 Å². The molecule has 0 bridgehead atoms. The maximum Gasteiger partial charge on any atom is 0.276 e. The summed E-state index contributed by atoms with van der Waals surface area (Å²) in [5.41, 5.74) is 2.09. The molecule has 0 spiro atoms. The average molecular weight is 510 g/mol. The normalized spacial score (nSPS) is 10.9. The SMILES string of the molecule is CC(C)c1ccc(OCn2ccc(C(=O)Nc3cnn(COc4ccc(Br)cc4)c3)n2)cc1. The van der Waals surface area contributed by atoms with Gasteiger partial charge in [-0.2, -0.15) is 10.2 Å². The van der Waals surface area contributed by atoms with Gasteiger partial charge in [0.1, 0.15) is 11.5 Å². The third-order valence-electron chi connectivity index (χ3n) is 4.85. The number of carbonyl (C=O) groups is 1. The van der Waals surface area contributed by atoms with Crippen LogP contribution in [0.2, 0.25) is 0 Å². The number of amides is 1. The summed E-state index contributed by atoms with van der Waals surface area (Å²) < 4.78 is 15.6. The summed E-state index contributed by atoms with van der Waals surface area (Å²) in [7, 11) is 0. The van der Waals surface area contributed by atoms with Gasteiger partial charge in [0, 0.05) is 10.7 Å². The predicted octanol–water partition coefficient (Wildman–Crippen LogP) is 5.29. The van der Waals surface area contributed by atoms with Crippen LogP contribution in [0, 0.1) is 0 Å². The zero-order chi connectivity index (χ0) is 23.2. The molecule has 2 heterocycles. The largest absolute Gasteiger partial charge is 0.471 e. The number of carbonyl (C=O) groups excluding carboxylic acids is 1. The fraction of sp³-hybridized carbons (Fsp3) is 0.208. The summed E-state index contributed by atoms with van der Waals surface area (Å²) in [4.78, 5) is 12.5. The molecule has 4 aromatic rings. The number of ether oxygens (including phenoxy) is 2. The van der Waals surface area contributed by atoms with E-state index in [2.05, 4.69) is 45.3 Å². The lowest BCUT2D eigenvalue weighted by Crippen LogP contribution is -2.14. The number of hydrogen-bond donors (Lipinski definition) is 1. The van der Waals surface area contributed by atoms with Gasteiger partial charge in [0.05, 0.1) is 18.1 Å². The minimum atomic E-state index is -0.330. The van der Waals surface area contributed by atoms with E-state index in [4.69, 9.17) is 9.47 Å². The van der Waals surface area contributed by atoms with Crippen LogP contribution < -0.4 is 14.8 Å². The molecule has 0 saturated carbocycles. The van der Waals surface area contributed by atoms with Crippen molar-refractivity contribution in [2.24, 2.45) is 0 Å². The van der Waals surface area contributed by atoms with Gasteiger partial charge >= 0.3 is 0 Å². The van der Waals surface area contributed by atoms with Crippen molar-refractivity contribution in [1.29, 1.82) is 0 Å². The molecule has 0 radical (unpaired) electrons. The molecule has 2 aromatic heterocycles. The van der Waals surface area contributed by atoms with Gasteiger partial charge in [0.15, 0.2) is 19.2 Å². The van der Waals surface area contributed by atoms with Crippen LogP contribution in [-0.2, 0) is 13.5 Å². The van der Waals surface area contributed by atoms with Crippen LogP contribution in [-0.4, -0.2) is 25.5 Å². The molecule has 170 valence electrons. The maximum absolute atomic E-state index is 12.5. The first-order chi connectivity index (χ1) is 16.0. The molecule has 33 heavy (non-hydrogen) atoms. The summed E-state index contributed by atoms with van der Waals surface area (Å²) in [6, 6.07) is 17.1. The monoisotopic (exact) mass is 509 g/mol. The highest BCUT2D eigenvalue weighted by Gasteiger charge is 2.11. The Morgan fingerprint density at radius 3 is 2.27 bits per heavy atom. The summed E-state index contributed by atoms with van der Waals surface area (Å²) in [6.45, 7) is 4.73. The van der Waals surface area contributed by atoms with E-state index in [0.29, 0.717) is 11.6 Å². The van der Waals surface area contributed by atoms with Crippen LogP contribution in [0.15, 0.2) is 77.7 Å². The van der Waals surface area contributed by atoms with Gasteiger partial charge in [-0.15, -0.1) is 0 Å². The van der Waals surface area contributed by atoms with E-state index in [1.807, 2.05) is 48.5 Å². The van der Waals surface area contributed by atoms with Crippen LogP contribution in [0.5, 0.6) is 11.5 Å². The third kappa shape index (κ3) is 6.23. The number of nitrogens with one attached hydrogen (secondary N) is 1. The number of aromatic nitrogens is 4. The van der Waals surface area contributed by atoms with Crippen LogP contribution in [0.25, 0.3) is 0 Å². The number of halogens is 1. The van der Waals surface area contributed by atoms with E-state index >= 15 is 0 Å². The smallest absolute Gasteiger partial charge is 0.276 e. The molecule has 1 N–H and O–H groups in total. The number of nitrogens with zero attached hydrogens (tertiary/aromatic N) is 4. The Bertz CT molecular complexity index is 1200. The summed E-state index contributed by atoms with van der Waals surface area (Å²) in [5.74, 6) is 1.61. The molecule has 1 amide bonds. The molecular weight excluding hydrogens is 486 g/mol. The van der Waals surface area contributed by atoms with Crippen LogP contribution in [0.1, 0.15) is 35.8 Å². The van der Waals surface area contributed by atoms with Gasteiger partial charge in [-0.3, -0.25) is 4.79 Å². The second kappa shape index (κ2) is 10.4. The van der Waals surface area contributed by atoms with Gasteiger partial charge in [-0.05, 0) is 53.9 Å². The molecule has 0 aliphatic rings. The first-order valence-electron chi connectivity index (χ1n) is 10.4. The Kier molecular flexibility index (Phi) is 7.09. The molecule has 0 aliphatic carbocycles. The number of benzene rings is 2. The van der Waals surface area contributed by atoms with Gasteiger partial charge in [-0.25, -0.2) is 9.36 Å². The number of rotatable bonds is 9. The Hall–Kier alpha value is -3.59. The van der Waals surface area contributed by atoms with Gasteiger partial charge < -0.3 is 14.8 Å². The second-order valence-corrected chi connectivity index (χ2v) is 8.60. The van der Waals surface area contributed by atoms with Gasteiger partial charge in [0.25, 0.3) is 5.91 Å². The molecule has 0 atom stereocenters. The van der Waals surface area contributed by atoms with E-state index in [9.17, 15) is 4.79 Å². The third-order valence-corrected chi connectivity index (χ3v) is 5.38. The lowest BCUT2D eigenvalue weighted by molar-refractivity contribution is 0.102. The maximum atomic E-state index is 12.5. The second-order valence-electron chi connectivity index (χ2n) is 7.69. The van der Waals surface area contributed by atoms with Crippen molar-refractivity contribution >= 4 is 27.5 Å². The fourth-order valence-corrected chi connectivity index (χ4v) is 3.27. The summed E-state index contributed by atoms with van der Waals surface area (Å²) in [5, 5.41) is 11.3. The first-order valence-corrected chi connectivity index (χ1v) is 11.2. The average Bonchev–Trinajstić information content (AvgIpc) is 3.47. The lowest BCUT2D eigenvalue weighted by Gasteiger charge is -2.09. The minimum absolute atomic E-state index is 0.208. The Balaban J connectivity index is 1.27. The molecule has 2 aromatic carbocycles. The number of anilines is 1. The standard InChI is InChI=1S/C24H24BrN5O3/c1-17(2)18-3-7-21(8-4-18)32-15-29-12-11-23(28-29)24(31)27-20-13-26-30(14-20)16-33-22-9-5-19(25)6-10-22/h3-14,17H,15-16H2,1-2H3,(H,27,31). The van der Waals surface area contributed by atoms with Crippen molar-refractivity contribution in [2.75, 3.05) is 5.32 Å². The topological polar surface area (TPSA) is 83.2 Å². The minimum Gasteiger partial charge on any atom is -0.471 e. The van der Waals surface area contributed by atoms with Crippen molar-refractivity contribution in [3.05, 3.63) is 88.9 Å². The van der Waals surface area contributed by atoms with Crippen LogP contribution in [0.4, 0.5) is 5.69 Å². The highest BCUT2D eigenvalue weighted by atomic mass is 79.9.